The number of hydrogen-bond acceptors (Lipinski definition) is 3. The number of amides is 1. The molecular weight excluding hydrogens is 229 g/mol. The number of carbonyl (C=O) groups is 2. The van der Waals surface area contributed by atoms with Crippen LogP contribution < -0.4 is 0 Å². The number of ether oxygens (including phenoxy) is 1. The molecule has 17 heavy (non-hydrogen) atoms. The molecule has 2 unspecified atom stereocenters. The van der Waals surface area contributed by atoms with Crippen molar-refractivity contribution in [3.8, 4) is 0 Å². The molecule has 0 radical (unpaired) electrons. The van der Waals surface area contributed by atoms with E-state index in [0.29, 0.717) is 6.42 Å². The molecule has 0 spiro atoms. The average Bonchev–Trinajstić information content (AvgIpc) is 2.13. The Balaban J connectivity index is 2.79. The Hall–Kier alpha value is -1.33. The van der Waals surface area contributed by atoms with E-state index in [1.165, 1.54) is 0 Å². The van der Waals surface area contributed by atoms with Gasteiger partial charge in [-0.25, -0.2) is 14.0 Å². The summed E-state index contributed by atoms with van der Waals surface area (Å²) in [6.45, 7) is 5.25. The summed E-state index contributed by atoms with van der Waals surface area (Å²) in [5.74, 6) is -1.33. The molecule has 1 fully saturated rings. The first kappa shape index (κ1) is 13.7. The zero-order valence-electron chi connectivity index (χ0n) is 10.3. The van der Waals surface area contributed by atoms with Crippen LogP contribution in [0.3, 0.4) is 0 Å². The summed E-state index contributed by atoms with van der Waals surface area (Å²) < 4.78 is 18.6. The van der Waals surface area contributed by atoms with Crippen LogP contribution in [0.5, 0.6) is 0 Å². The van der Waals surface area contributed by atoms with E-state index < -0.39 is 29.9 Å². The molecule has 1 aliphatic rings. The number of aliphatic carboxylic acids is 1. The number of rotatable bonds is 1. The van der Waals surface area contributed by atoms with E-state index in [4.69, 9.17) is 9.84 Å². The summed E-state index contributed by atoms with van der Waals surface area (Å²) in [5, 5.41) is 8.94. The van der Waals surface area contributed by atoms with E-state index in [2.05, 4.69) is 0 Å². The molecule has 1 saturated heterocycles. The van der Waals surface area contributed by atoms with Crippen molar-refractivity contribution in [1.29, 1.82) is 0 Å². The van der Waals surface area contributed by atoms with Gasteiger partial charge in [0, 0.05) is 6.54 Å². The fourth-order valence-corrected chi connectivity index (χ4v) is 1.76. The van der Waals surface area contributed by atoms with Crippen molar-refractivity contribution in [2.75, 3.05) is 6.54 Å². The van der Waals surface area contributed by atoms with E-state index in [1.54, 1.807) is 20.8 Å². The van der Waals surface area contributed by atoms with Crippen LogP contribution in [-0.2, 0) is 9.53 Å². The highest BCUT2D eigenvalue weighted by atomic mass is 19.1. The van der Waals surface area contributed by atoms with Crippen molar-refractivity contribution in [2.45, 2.75) is 51.4 Å². The van der Waals surface area contributed by atoms with Gasteiger partial charge in [-0.05, 0) is 33.6 Å². The van der Waals surface area contributed by atoms with Crippen LogP contribution in [0.25, 0.3) is 0 Å². The van der Waals surface area contributed by atoms with Gasteiger partial charge < -0.3 is 9.84 Å². The van der Waals surface area contributed by atoms with Crippen molar-refractivity contribution in [2.24, 2.45) is 0 Å². The normalized spacial score (nSPS) is 25.5. The Morgan fingerprint density at radius 3 is 2.47 bits per heavy atom. The lowest BCUT2D eigenvalue weighted by atomic mass is 10.0. The molecule has 2 atom stereocenters. The second kappa shape index (κ2) is 4.89. The number of nitrogens with zero attached hydrogens (tertiary/aromatic N) is 1. The fraction of sp³-hybridized carbons (Fsp3) is 0.818. The van der Waals surface area contributed by atoms with Crippen molar-refractivity contribution in [3.63, 3.8) is 0 Å². The fourth-order valence-electron chi connectivity index (χ4n) is 1.76. The van der Waals surface area contributed by atoms with Gasteiger partial charge in [0.1, 0.15) is 11.8 Å². The SMILES string of the molecule is CC(C)(C)OC(=O)N1CCCC(F)C1C(=O)O. The number of piperidine rings is 1. The topological polar surface area (TPSA) is 66.8 Å². The number of carboxylic acids is 1. The lowest BCUT2D eigenvalue weighted by Gasteiger charge is -2.36. The summed E-state index contributed by atoms with van der Waals surface area (Å²) >= 11 is 0. The predicted molar refractivity (Wildman–Crippen MR) is 58.5 cm³/mol. The standard InChI is InChI=1S/C11H18FNO4/c1-11(2,3)17-10(16)13-6-4-5-7(12)8(13)9(14)15/h7-8H,4-6H2,1-3H3,(H,14,15). The van der Waals surface area contributed by atoms with E-state index >= 15 is 0 Å². The van der Waals surface area contributed by atoms with E-state index in [0.717, 1.165) is 4.90 Å². The highest BCUT2D eigenvalue weighted by Crippen LogP contribution is 2.23. The molecule has 0 aromatic carbocycles. The largest absolute Gasteiger partial charge is 0.480 e. The molecule has 0 aromatic rings. The maximum atomic E-state index is 13.5. The Morgan fingerprint density at radius 1 is 1.41 bits per heavy atom. The van der Waals surface area contributed by atoms with Gasteiger partial charge >= 0.3 is 12.1 Å². The summed E-state index contributed by atoms with van der Waals surface area (Å²) in [7, 11) is 0. The van der Waals surface area contributed by atoms with Crippen LogP contribution in [-0.4, -0.2) is 46.4 Å². The van der Waals surface area contributed by atoms with Gasteiger partial charge in [0.25, 0.3) is 0 Å². The molecule has 1 heterocycles. The predicted octanol–water partition coefficient (Wildman–Crippen LogP) is 1.81. The van der Waals surface area contributed by atoms with E-state index in [9.17, 15) is 14.0 Å². The van der Waals surface area contributed by atoms with Crippen LogP contribution in [0.4, 0.5) is 9.18 Å². The van der Waals surface area contributed by atoms with Gasteiger partial charge in [-0.3, -0.25) is 4.90 Å². The monoisotopic (exact) mass is 247 g/mol. The summed E-state index contributed by atoms with van der Waals surface area (Å²) in [4.78, 5) is 23.7. The quantitative estimate of drug-likeness (QED) is 0.767. The third-order valence-electron chi connectivity index (χ3n) is 2.44. The zero-order valence-corrected chi connectivity index (χ0v) is 10.3. The van der Waals surface area contributed by atoms with Crippen molar-refractivity contribution in [1.82, 2.24) is 4.90 Å². The summed E-state index contributed by atoms with van der Waals surface area (Å²) in [6, 6.07) is -1.43. The zero-order chi connectivity index (χ0) is 13.2. The molecule has 1 rings (SSSR count). The number of likely N-dealkylation sites (tertiary alicyclic amines) is 1. The Labute approximate surface area is 99.5 Å². The Kier molecular flexibility index (Phi) is 3.95. The lowest BCUT2D eigenvalue weighted by molar-refractivity contribution is -0.147. The highest BCUT2D eigenvalue weighted by Gasteiger charge is 2.41. The smallest absolute Gasteiger partial charge is 0.411 e. The first-order valence-electron chi connectivity index (χ1n) is 5.59. The number of hydrogen-bond donors (Lipinski definition) is 1. The molecule has 0 saturated carbocycles. The molecular formula is C11H18FNO4. The van der Waals surface area contributed by atoms with Gasteiger partial charge in [-0.15, -0.1) is 0 Å². The van der Waals surface area contributed by atoms with Crippen LogP contribution in [0.1, 0.15) is 33.6 Å². The van der Waals surface area contributed by atoms with E-state index in [1.807, 2.05) is 0 Å². The number of carboxylic acid groups (broad SMARTS) is 1. The Bertz CT molecular complexity index is 313. The minimum Gasteiger partial charge on any atom is -0.480 e. The summed E-state index contributed by atoms with van der Waals surface area (Å²) in [6.07, 6.45) is -1.69. The first-order chi connectivity index (χ1) is 7.72. The van der Waals surface area contributed by atoms with Crippen LogP contribution >= 0.6 is 0 Å². The van der Waals surface area contributed by atoms with Crippen LogP contribution in [0.15, 0.2) is 0 Å². The lowest BCUT2D eigenvalue weighted by Crippen LogP contribution is -2.54. The van der Waals surface area contributed by atoms with Gasteiger partial charge in [0.2, 0.25) is 0 Å². The average molecular weight is 247 g/mol. The van der Waals surface area contributed by atoms with Crippen molar-refractivity contribution in [3.05, 3.63) is 0 Å². The second-order valence-corrected chi connectivity index (χ2v) is 5.12. The molecule has 1 amide bonds. The van der Waals surface area contributed by atoms with Crippen molar-refractivity contribution >= 4 is 12.1 Å². The van der Waals surface area contributed by atoms with Gasteiger partial charge in [-0.1, -0.05) is 0 Å². The summed E-state index contributed by atoms with van der Waals surface area (Å²) in [5.41, 5.74) is -0.719. The molecule has 98 valence electrons. The molecule has 0 aromatic heterocycles. The number of alkyl halides is 1. The van der Waals surface area contributed by atoms with Crippen molar-refractivity contribution < 1.29 is 23.8 Å². The Morgan fingerprint density at radius 2 is 2.00 bits per heavy atom. The van der Waals surface area contributed by atoms with Gasteiger partial charge in [0.05, 0.1) is 0 Å². The maximum absolute atomic E-state index is 13.5. The minimum absolute atomic E-state index is 0.163. The molecule has 0 bridgehead atoms. The van der Waals surface area contributed by atoms with Crippen LogP contribution in [0.2, 0.25) is 0 Å². The van der Waals surface area contributed by atoms with Gasteiger partial charge in [0.15, 0.2) is 6.04 Å². The number of halogens is 1. The first-order valence-corrected chi connectivity index (χ1v) is 5.59. The van der Waals surface area contributed by atoms with Gasteiger partial charge in [-0.2, -0.15) is 0 Å². The molecule has 1 aliphatic heterocycles. The molecule has 5 nitrogen and oxygen atoms in total. The maximum Gasteiger partial charge on any atom is 0.411 e. The highest BCUT2D eigenvalue weighted by molar-refractivity contribution is 5.81. The number of carbonyl (C=O) groups excluding carboxylic acids is 1. The second-order valence-electron chi connectivity index (χ2n) is 5.12. The molecule has 6 heteroatoms. The molecule has 0 aliphatic carbocycles. The third-order valence-corrected chi connectivity index (χ3v) is 2.44. The van der Waals surface area contributed by atoms with E-state index in [-0.39, 0.29) is 13.0 Å². The third kappa shape index (κ3) is 3.57. The molecule has 1 N–H and O–H groups in total. The van der Waals surface area contributed by atoms with Crippen LogP contribution in [0, 0.1) is 0 Å². The minimum atomic E-state index is -1.53.